The van der Waals surface area contributed by atoms with Crippen molar-refractivity contribution in [2.45, 2.75) is 13.1 Å². The third kappa shape index (κ3) is 5.14. The lowest BCUT2D eigenvalue weighted by Crippen LogP contribution is -2.34. The van der Waals surface area contributed by atoms with Crippen molar-refractivity contribution in [2.24, 2.45) is 0 Å². The van der Waals surface area contributed by atoms with Gasteiger partial charge >= 0.3 is 6.03 Å². The van der Waals surface area contributed by atoms with Gasteiger partial charge in [0.05, 0.1) is 5.69 Å². The van der Waals surface area contributed by atoms with Crippen LogP contribution in [0.5, 0.6) is 0 Å². The van der Waals surface area contributed by atoms with E-state index in [4.69, 9.17) is 11.6 Å². The maximum atomic E-state index is 13.9. The second-order valence-corrected chi connectivity index (χ2v) is 5.78. The van der Waals surface area contributed by atoms with Gasteiger partial charge in [-0.3, -0.25) is 0 Å². The molecule has 0 aliphatic rings. The predicted molar refractivity (Wildman–Crippen MR) is 91.3 cm³/mol. The fourth-order valence-electron chi connectivity index (χ4n) is 2.10. The number of hydrogen-bond donors (Lipinski definition) is 2. The number of benzene rings is 2. The molecule has 2 amide bonds. The van der Waals surface area contributed by atoms with E-state index in [1.807, 2.05) is 12.1 Å². The quantitative estimate of drug-likeness (QED) is 0.877. The van der Waals surface area contributed by atoms with E-state index < -0.39 is 0 Å². The molecule has 2 N–H and O–H groups in total. The van der Waals surface area contributed by atoms with Gasteiger partial charge in [-0.15, -0.1) is 0 Å². The molecule has 0 aliphatic carbocycles. The zero-order chi connectivity index (χ0) is 16.8. The van der Waals surface area contributed by atoms with Crippen LogP contribution >= 0.6 is 11.6 Å². The van der Waals surface area contributed by atoms with Crippen molar-refractivity contribution in [1.82, 2.24) is 10.6 Å². The van der Waals surface area contributed by atoms with Crippen molar-refractivity contribution in [3.63, 3.8) is 0 Å². The van der Waals surface area contributed by atoms with Crippen LogP contribution in [-0.2, 0) is 13.1 Å². The fourth-order valence-corrected chi connectivity index (χ4v) is 2.31. The number of hydrogen-bond acceptors (Lipinski definition) is 2. The summed E-state index contributed by atoms with van der Waals surface area (Å²) in [6.07, 6.45) is 0. The second kappa shape index (κ2) is 7.83. The number of rotatable bonds is 5. The first-order chi connectivity index (χ1) is 11.0. The van der Waals surface area contributed by atoms with Gasteiger partial charge in [-0.2, -0.15) is 0 Å². The first-order valence-corrected chi connectivity index (χ1v) is 7.55. The monoisotopic (exact) mass is 335 g/mol. The Hall–Kier alpha value is -2.27. The van der Waals surface area contributed by atoms with Crippen LogP contribution in [0.2, 0.25) is 5.02 Å². The summed E-state index contributed by atoms with van der Waals surface area (Å²) in [4.78, 5) is 13.5. The Labute approximate surface area is 140 Å². The van der Waals surface area contributed by atoms with Gasteiger partial charge in [0.1, 0.15) is 5.82 Å². The molecule has 2 rings (SSSR count). The van der Waals surface area contributed by atoms with Crippen molar-refractivity contribution in [1.29, 1.82) is 0 Å². The predicted octanol–water partition coefficient (Wildman–Crippen LogP) is 3.54. The number of nitrogens with zero attached hydrogens (tertiary/aromatic N) is 1. The lowest BCUT2D eigenvalue weighted by Gasteiger charge is -2.14. The number of urea groups is 1. The molecule has 0 atom stereocenters. The molecule has 0 bridgehead atoms. The minimum absolute atomic E-state index is 0.256. The van der Waals surface area contributed by atoms with Crippen LogP contribution in [0.1, 0.15) is 11.1 Å². The standard InChI is InChI=1S/C17H19ClFN3O/c1-22(2)16-7-6-13(9-15(16)19)11-21-17(23)20-10-12-4-3-5-14(18)8-12/h3-9H,10-11H2,1-2H3,(H2,20,21,23). The van der Waals surface area contributed by atoms with Gasteiger partial charge in [-0.05, 0) is 35.4 Å². The molecule has 0 fully saturated rings. The number of amides is 2. The summed E-state index contributed by atoms with van der Waals surface area (Å²) < 4.78 is 13.9. The first-order valence-electron chi connectivity index (χ1n) is 7.17. The Morgan fingerprint density at radius 3 is 2.30 bits per heavy atom. The smallest absolute Gasteiger partial charge is 0.315 e. The van der Waals surface area contributed by atoms with Crippen LogP contribution in [0.4, 0.5) is 14.9 Å². The summed E-state index contributed by atoms with van der Waals surface area (Å²) in [6, 6.07) is 11.8. The Bertz CT molecular complexity index is 691. The highest BCUT2D eigenvalue weighted by atomic mass is 35.5. The highest BCUT2D eigenvalue weighted by molar-refractivity contribution is 6.30. The Balaban J connectivity index is 1.83. The van der Waals surface area contributed by atoms with E-state index in [-0.39, 0.29) is 18.4 Å². The van der Waals surface area contributed by atoms with Crippen LogP contribution in [0.3, 0.4) is 0 Å². The second-order valence-electron chi connectivity index (χ2n) is 5.35. The Morgan fingerprint density at radius 1 is 1.09 bits per heavy atom. The van der Waals surface area contributed by atoms with E-state index in [1.54, 1.807) is 43.3 Å². The summed E-state index contributed by atoms with van der Waals surface area (Å²) in [5, 5.41) is 6.05. The molecule has 0 spiro atoms. The van der Waals surface area contributed by atoms with Crippen molar-refractivity contribution in [3.8, 4) is 0 Å². The summed E-state index contributed by atoms with van der Waals surface area (Å²) in [7, 11) is 3.55. The molecule has 0 aromatic heterocycles. The number of anilines is 1. The number of halogens is 2. The van der Waals surface area contributed by atoms with E-state index >= 15 is 0 Å². The summed E-state index contributed by atoms with van der Waals surface area (Å²) in [6.45, 7) is 0.631. The van der Waals surface area contributed by atoms with Crippen LogP contribution in [0, 0.1) is 5.82 Å². The third-order valence-electron chi connectivity index (χ3n) is 3.29. The van der Waals surface area contributed by atoms with Crippen molar-refractivity contribution < 1.29 is 9.18 Å². The molecule has 0 saturated heterocycles. The molecule has 6 heteroatoms. The minimum atomic E-state index is -0.318. The van der Waals surface area contributed by atoms with E-state index in [9.17, 15) is 9.18 Å². The van der Waals surface area contributed by atoms with Crippen LogP contribution in [-0.4, -0.2) is 20.1 Å². The van der Waals surface area contributed by atoms with Crippen molar-refractivity contribution in [2.75, 3.05) is 19.0 Å². The van der Waals surface area contributed by atoms with Gasteiger partial charge in [0.2, 0.25) is 0 Å². The van der Waals surface area contributed by atoms with Crippen molar-refractivity contribution >= 4 is 23.3 Å². The Morgan fingerprint density at radius 2 is 1.74 bits per heavy atom. The largest absolute Gasteiger partial charge is 0.375 e. The zero-order valence-corrected chi connectivity index (χ0v) is 13.8. The molecule has 0 radical (unpaired) electrons. The number of carbonyl (C=O) groups is 1. The van der Waals surface area contributed by atoms with Gasteiger partial charge < -0.3 is 15.5 Å². The summed E-state index contributed by atoms with van der Waals surface area (Å²) in [5.41, 5.74) is 2.12. The SMILES string of the molecule is CN(C)c1ccc(CNC(=O)NCc2cccc(Cl)c2)cc1F. The first kappa shape index (κ1) is 17.1. The summed E-state index contributed by atoms with van der Waals surface area (Å²) >= 11 is 5.88. The van der Waals surface area contributed by atoms with E-state index in [1.165, 1.54) is 6.07 Å². The lowest BCUT2D eigenvalue weighted by atomic mass is 10.2. The topological polar surface area (TPSA) is 44.4 Å². The molecule has 0 unspecified atom stereocenters. The minimum Gasteiger partial charge on any atom is -0.375 e. The molecule has 0 heterocycles. The third-order valence-corrected chi connectivity index (χ3v) is 3.52. The molecule has 23 heavy (non-hydrogen) atoms. The average molecular weight is 336 g/mol. The van der Waals surface area contributed by atoms with Crippen molar-refractivity contribution in [3.05, 3.63) is 64.4 Å². The Kier molecular flexibility index (Phi) is 5.82. The van der Waals surface area contributed by atoms with Gasteiger partial charge in [-0.25, -0.2) is 9.18 Å². The van der Waals surface area contributed by atoms with E-state index in [0.29, 0.717) is 22.8 Å². The highest BCUT2D eigenvalue weighted by Gasteiger charge is 2.06. The van der Waals surface area contributed by atoms with Crippen LogP contribution in [0.15, 0.2) is 42.5 Å². The average Bonchev–Trinajstić information content (AvgIpc) is 2.50. The number of carbonyl (C=O) groups excluding carboxylic acids is 1. The molecule has 2 aromatic rings. The lowest BCUT2D eigenvalue weighted by molar-refractivity contribution is 0.240. The molecule has 0 aliphatic heterocycles. The summed E-state index contributed by atoms with van der Waals surface area (Å²) in [5.74, 6) is -0.311. The van der Waals surface area contributed by atoms with Crippen LogP contribution < -0.4 is 15.5 Å². The van der Waals surface area contributed by atoms with Gasteiger partial charge in [0.15, 0.2) is 0 Å². The normalized spacial score (nSPS) is 10.3. The van der Waals surface area contributed by atoms with Gasteiger partial charge in [0.25, 0.3) is 0 Å². The molecule has 4 nitrogen and oxygen atoms in total. The highest BCUT2D eigenvalue weighted by Crippen LogP contribution is 2.18. The zero-order valence-electron chi connectivity index (χ0n) is 13.1. The number of nitrogens with one attached hydrogen (secondary N) is 2. The van der Waals surface area contributed by atoms with Crippen LogP contribution in [0.25, 0.3) is 0 Å². The maximum Gasteiger partial charge on any atom is 0.315 e. The molecule has 0 saturated carbocycles. The van der Waals surface area contributed by atoms with E-state index in [2.05, 4.69) is 10.6 Å². The molecular weight excluding hydrogens is 317 g/mol. The fraction of sp³-hybridized carbons (Fsp3) is 0.235. The van der Waals surface area contributed by atoms with Gasteiger partial charge in [-0.1, -0.05) is 29.8 Å². The van der Waals surface area contributed by atoms with Gasteiger partial charge in [0, 0.05) is 32.2 Å². The molecular formula is C17H19ClFN3O. The molecule has 2 aromatic carbocycles. The molecule has 122 valence electrons. The maximum absolute atomic E-state index is 13.9. The van der Waals surface area contributed by atoms with E-state index in [0.717, 1.165) is 5.56 Å².